The predicted molar refractivity (Wildman–Crippen MR) is 94.5 cm³/mol. The molecule has 1 aromatic carbocycles. The van der Waals surface area contributed by atoms with E-state index in [2.05, 4.69) is 10.6 Å². The van der Waals surface area contributed by atoms with E-state index in [9.17, 15) is 4.79 Å². The fourth-order valence-corrected chi connectivity index (χ4v) is 3.26. The molecule has 2 fully saturated rings. The predicted octanol–water partition coefficient (Wildman–Crippen LogP) is 2.88. The van der Waals surface area contributed by atoms with E-state index >= 15 is 0 Å². The third-order valence-corrected chi connectivity index (χ3v) is 4.90. The maximum atomic E-state index is 12.3. The monoisotopic (exact) mass is 332 g/mol. The van der Waals surface area contributed by atoms with Crippen molar-refractivity contribution >= 4 is 11.6 Å². The van der Waals surface area contributed by atoms with Gasteiger partial charge in [-0.2, -0.15) is 0 Å². The lowest BCUT2D eigenvalue weighted by Gasteiger charge is -2.23. The Kier molecular flexibility index (Phi) is 6.10. The number of ether oxygens (including phenoxy) is 2. The molecule has 2 N–H and O–H groups in total. The molecule has 1 aromatic rings. The van der Waals surface area contributed by atoms with E-state index in [0.717, 1.165) is 68.9 Å². The third-order valence-electron chi connectivity index (χ3n) is 4.90. The van der Waals surface area contributed by atoms with Gasteiger partial charge in [-0.05, 0) is 56.7 Å². The molecule has 24 heavy (non-hydrogen) atoms. The minimum atomic E-state index is -0.0772. The van der Waals surface area contributed by atoms with Crippen molar-refractivity contribution in [2.45, 2.75) is 45.1 Å². The Labute approximate surface area is 144 Å². The molecular weight excluding hydrogens is 304 g/mol. The first kappa shape index (κ1) is 17.2. The van der Waals surface area contributed by atoms with Crippen molar-refractivity contribution in [3.05, 3.63) is 23.8 Å². The number of hydrogen-bond acceptors (Lipinski definition) is 4. The van der Waals surface area contributed by atoms with Gasteiger partial charge in [-0.25, -0.2) is 0 Å². The number of amides is 1. The molecule has 2 aliphatic heterocycles. The van der Waals surface area contributed by atoms with Gasteiger partial charge in [0.2, 0.25) is 5.91 Å². The lowest BCUT2D eigenvalue weighted by atomic mass is 10.0. The Morgan fingerprint density at radius 2 is 2.12 bits per heavy atom. The number of hydrogen-bond donors (Lipinski definition) is 2. The first-order valence-corrected chi connectivity index (χ1v) is 9.08. The van der Waals surface area contributed by atoms with E-state index in [4.69, 9.17) is 9.47 Å². The average molecular weight is 332 g/mol. The van der Waals surface area contributed by atoms with Crippen LogP contribution in [0.1, 0.15) is 37.7 Å². The van der Waals surface area contributed by atoms with Crippen LogP contribution in [0.3, 0.4) is 0 Å². The van der Waals surface area contributed by atoms with Gasteiger partial charge in [0.1, 0.15) is 5.75 Å². The summed E-state index contributed by atoms with van der Waals surface area (Å²) in [6.07, 6.45) is 5.29. The Morgan fingerprint density at radius 3 is 2.88 bits per heavy atom. The van der Waals surface area contributed by atoms with Crippen molar-refractivity contribution in [2.75, 3.05) is 31.7 Å². The van der Waals surface area contributed by atoms with Gasteiger partial charge < -0.3 is 20.1 Å². The lowest BCUT2D eigenvalue weighted by Crippen LogP contribution is -2.43. The molecule has 132 valence electrons. The SMILES string of the molecule is Cc1ccc(NC(=O)[C@@H]2CCCCN2)cc1OCC1CCOCC1. The van der Waals surface area contributed by atoms with Crippen molar-refractivity contribution in [2.24, 2.45) is 5.92 Å². The number of benzene rings is 1. The summed E-state index contributed by atoms with van der Waals surface area (Å²) in [6.45, 7) is 5.33. The molecule has 2 saturated heterocycles. The molecule has 0 aliphatic carbocycles. The molecule has 1 amide bonds. The Balaban J connectivity index is 1.57. The number of piperidine rings is 1. The standard InChI is InChI=1S/C19H28N2O3/c1-14-5-6-16(21-19(22)17-4-2-3-9-20-17)12-18(14)24-13-15-7-10-23-11-8-15/h5-6,12,15,17,20H,2-4,7-11,13H2,1H3,(H,21,22)/t17-/m0/s1. The fourth-order valence-electron chi connectivity index (χ4n) is 3.26. The summed E-state index contributed by atoms with van der Waals surface area (Å²) >= 11 is 0. The van der Waals surface area contributed by atoms with Crippen LogP contribution in [-0.2, 0) is 9.53 Å². The highest BCUT2D eigenvalue weighted by Crippen LogP contribution is 2.25. The Bertz CT molecular complexity index is 550. The third kappa shape index (κ3) is 4.71. The number of anilines is 1. The molecular formula is C19H28N2O3. The van der Waals surface area contributed by atoms with Crippen LogP contribution in [0.15, 0.2) is 18.2 Å². The molecule has 0 spiro atoms. The highest BCUT2D eigenvalue weighted by Gasteiger charge is 2.21. The first-order chi connectivity index (χ1) is 11.7. The van der Waals surface area contributed by atoms with Crippen LogP contribution in [0.2, 0.25) is 0 Å². The van der Waals surface area contributed by atoms with Gasteiger partial charge in [-0.1, -0.05) is 12.5 Å². The van der Waals surface area contributed by atoms with Gasteiger partial charge in [0.05, 0.1) is 12.6 Å². The summed E-state index contributed by atoms with van der Waals surface area (Å²) in [4.78, 5) is 12.3. The zero-order valence-electron chi connectivity index (χ0n) is 14.5. The maximum Gasteiger partial charge on any atom is 0.241 e. The normalized spacial score (nSPS) is 22.1. The van der Waals surface area contributed by atoms with E-state index in [1.807, 2.05) is 25.1 Å². The molecule has 5 heteroatoms. The number of carbonyl (C=O) groups is 1. The quantitative estimate of drug-likeness (QED) is 0.870. The van der Waals surface area contributed by atoms with Crippen LogP contribution in [0, 0.1) is 12.8 Å². The topological polar surface area (TPSA) is 59.6 Å². The minimum Gasteiger partial charge on any atom is -0.493 e. The van der Waals surface area contributed by atoms with Crippen LogP contribution in [0.5, 0.6) is 5.75 Å². The highest BCUT2D eigenvalue weighted by atomic mass is 16.5. The van der Waals surface area contributed by atoms with E-state index in [0.29, 0.717) is 12.5 Å². The molecule has 1 atom stereocenters. The van der Waals surface area contributed by atoms with Crippen molar-refractivity contribution in [1.29, 1.82) is 0 Å². The van der Waals surface area contributed by atoms with Crippen LogP contribution >= 0.6 is 0 Å². The molecule has 2 heterocycles. The largest absolute Gasteiger partial charge is 0.493 e. The average Bonchev–Trinajstić information content (AvgIpc) is 2.63. The molecule has 0 bridgehead atoms. The second kappa shape index (κ2) is 8.49. The van der Waals surface area contributed by atoms with Crippen molar-refractivity contribution in [1.82, 2.24) is 5.32 Å². The van der Waals surface area contributed by atoms with E-state index < -0.39 is 0 Å². The summed E-state index contributed by atoms with van der Waals surface area (Å²) in [6, 6.07) is 5.81. The molecule has 2 aliphatic rings. The second-order valence-electron chi connectivity index (χ2n) is 6.84. The van der Waals surface area contributed by atoms with Gasteiger partial charge >= 0.3 is 0 Å². The van der Waals surface area contributed by atoms with E-state index in [-0.39, 0.29) is 11.9 Å². The van der Waals surface area contributed by atoms with E-state index in [1.165, 1.54) is 0 Å². The Morgan fingerprint density at radius 1 is 1.29 bits per heavy atom. The zero-order valence-corrected chi connectivity index (χ0v) is 14.5. The number of aryl methyl sites for hydroxylation is 1. The molecule has 0 radical (unpaired) electrons. The van der Waals surface area contributed by atoms with E-state index in [1.54, 1.807) is 0 Å². The van der Waals surface area contributed by atoms with Crippen molar-refractivity contribution in [3.63, 3.8) is 0 Å². The van der Waals surface area contributed by atoms with Crippen LogP contribution < -0.4 is 15.4 Å². The van der Waals surface area contributed by atoms with Crippen LogP contribution in [0.25, 0.3) is 0 Å². The van der Waals surface area contributed by atoms with Gasteiger partial charge in [0.25, 0.3) is 0 Å². The fraction of sp³-hybridized carbons (Fsp3) is 0.632. The molecule has 5 nitrogen and oxygen atoms in total. The zero-order chi connectivity index (χ0) is 16.8. The summed E-state index contributed by atoms with van der Waals surface area (Å²) in [7, 11) is 0. The first-order valence-electron chi connectivity index (χ1n) is 9.08. The highest BCUT2D eigenvalue weighted by molar-refractivity contribution is 5.95. The van der Waals surface area contributed by atoms with Gasteiger partial charge in [0.15, 0.2) is 0 Å². The van der Waals surface area contributed by atoms with Crippen molar-refractivity contribution in [3.8, 4) is 5.75 Å². The number of carbonyl (C=O) groups excluding carboxylic acids is 1. The maximum absolute atomic E-state index is 12.3. The summed E-state index contributed by atoms with van der Waals surface area (Å²) < 4.78 is 11.4. The molecule has 3 rings (SSSR count). The van der Waals surface area contributed by atoms with Crippen LogP contribution in [-0.4, -0.2) is 38.3 Å². The van der Waals surface area contributed by atoms with Gasteiger partial charge in [-0.15, -0.1) is 0 Å². The Hall–Kier alpha value is -1.59. The summed E-state index contributed by atoms with van der Waals surface area (Å²) in [5, 5.41) is 6.29. The van der Waals surface area contributed by atoms with Gasteiger partial charge in [0, 0.05) is 25.0 Å². The second-order valence-corrected chi connectivity index (χ2v) is 6.84. The minimum absolute atomic E-state index is 0.0499. The molecule has 0 aromatic heterocycles. The smallest absolute Gasteiger partial charge is 0.241 e. The summed E-state index contributed by atoms with van der Waals surface area (Å²) in [5.74, 6) is 1.47. The molecule has 0 unspecified atom stereocenters. The summed E-state index contributed by atoms with van der Waals surface area (Å²) in [5.41, 5.74) is 1.90. The van der Waals surface area contributed by atoms with Crippen molar-refractivity contribution < 1.29 is 14.3 Å². The van der Waals surface area contributed by atoms with Crippen LogP contribution in [0.4, 0.5) is 5.69 Å². The number of nitrogens with one attached hydrogen (secondary N) is 2. The van der Waals surface area contributed by atoms with Gasteiger partial charge in [-0.3, -0.25) is 4.79 Å². The molecule has 0 saturated carbocycles. The number of rotatable bonds is 5. The lowest BCUT2D eigenvalue weighted by molar-refractivity contribution is -0.118.